The Balaban J connectivity index is 1.72. The maximum absolute atomic E-state index is 12.4. The second-order valence-corrected chi connectivity index (χ2v) is 5.57. The number of benzene rings is 2. The molecule has 0 bridgehead atoms. The number of carbonyl (C=O) groups excluding carboxylic acids is 1. The van der Waals surface area contributed by atoms with Gasteiger partial charge in [-0.2, -0.15) is 0 Å². The molecule has 114 valence electrons. The summed E-state index contributed by atoms with van der Waals surface area (Å²) in [6, 6.07) is 15.8. The zero-order valence-electron chi connectivity index (χ0n) is 12.8. The molecule has 1 N–H and O–H groups in total. The van der Waals surface area contributed by atoms with Crippen molar-refractivity contribution in [1.82, 2.24) is 5.32 Å². The van der Waals surface area contributed by atoms with Crippen LogP contribution in [0.4, 0.5) is 0 Å². The lowest BCUT2D eigenvalue weighted by atomic mass is 9.87. The van der Waals surface area contributed by atoms with Crippen LogP contribution in [0.3, 0.4) is 0 Å². The lowest BCUT2D eigenvalue weighted by Gasteiger charge is -2.26. The fourth-order valence-electron chi connectivity index (χ4n) is 3.01. The molecule has 0 unspecified atom stereocenters. The molecule has 1 amide bonds. The first kappa shape index (κ1) is 14.6. The van der Waals surface area contributed by atoms with Gasteiger partial charge in [0.15, 0.2) is 0 Å². The third kappa shape index (κ3) is 3.14. The van der Waals surface area contributed by atoms with Crippen LogP contribution in [0, 0.1) is 0 Å². The summed E-state index contributed by atoms with van der Waals surface area (Å²) in [4.78, 5) is 12.4. The lowest BCUT2D eigenvalue weighted by Crippen LogP contribution is -2.30. The van der Waals surface area contributed by atoms with Crippen LogP contribution in [-0.4, -0.2) is 12.5 Å². The summed E-state index contributed by atoms with van der Waals surface area (Å²) < 4.78 is 5.41. The van der Waals surface area contributed by atoms with Crippen molar-refractivity contribution in [3.05, 3.63) is 65.2 Å². The Morgan fingerprint density at radius 2 is 1.95 bits per heavy atom. The van der Waals surface area contributed by atoms with Crippen molar-refractivity contribution in [3.63, 3.8) is 0 Å². The smallest absolute Gasteiger partial charge is 0.251 e. The first-order valence-corrected chi connectivity index (χ1v) is 7.89. The Bertz CT molecular complexity index is 649. The van der Waals surface area contributed by atoms with Crippen LogP contribution in [-0.2, 0) is 6.42 Å². The first-order chi connectivity index (χ1) is 10.8. The SMILES string of the molecule is CCOc1ccc(C(=O)N[C@H]2CCCc3ccccc32)cc1. The van der Waals surface area contributed by atoms with Crippen LogP contribution >= 0.6 is 0 Å². The molecule has 3 rings (SSSR count). The van der Waals surface area contributed by atoms with E-state index in [1.54, 1.807) is 0 Å². The molecular formula is C19H21NO2. The van der Waals surface area contributed by atoms with Crippen LogP contribution in [0.5, 0.6) is 5.75 Å². The molecule has 0 radical (unpaired) electrons. The van der Waals surface area contributed by atoms with Crippen molar-refractivity contribution in [3.8, 4) is 5.75 Å². The number of fused-ring (bicyclic) bond motifs is 1. The van der Waals surface area contributed by atoms with Gasteiger partial charge in [-0.1, -0.05) is 24.3 Å². The van der Waals surface area contributed by atoms with Crippen molar-refractivity contribution in [1.29, 1.82) is 0 Å². The normalized spacial score (nSPS) is 16.7. The first-order valence-electron chi connectivity index (χ1n) is 7.89. The fourth-order valence-corrected chi connectivity index (χ4v) is 3.01. The molecule has 1 atom stereocenters. The van der Waals surface area contributed by atoms with E-state index in [0.717, 1.165) is 25.0 Å². The molecule has 0 aliphatic heterocycles. The zero-order valence-corrected chi connectivity index (χ0v) is 12.8. The van der Waals surface area contributed by atoms with E-state index in [0.29, 0.717) is 12.2 Å². The minimum absolute atomic E-state index is 0.0234. The molecule has 3 nitrogen and oxygen atoms in total. The number of ether oxygens (including phenoxy) is 1. The van der Waals surface area contributed by atoms with Gasteiger partial charge in [0.1, 0.15) is 5.75 Å². The van der Waals surface area contributed by atoms with Gasteiger partial charge in [-0.3, -0.25) is 4.79 Å². The van der Waals surface area contributed by atoms with Gasteiger partial charge in [-0.15, -0.1) is 0 Å². The molecule has 0 spiro atoms. The minimum atomic E-state index is -0.0234. The second kappa shape index (κ2) is 6.65. The zero-order chi connectivity index (χ0) is 15.4. The average Bonchev–Trinajstić information content (AvgIpc) is 2.56. The predicted molar refractivity (Wildman–Crippen MR) is 87.2 cm³/mol. The summed E-state index contributed by atoms with van der Waals surface area (Å²) in [6.45, 7) is 2.57. The van der Waals surface area contributed by atoms with Crippen molar-refractivity contribution in [2.24, 2.45) is 0 Å². The van der Waals surface area contributed by atoms with E-state index in [-0.39, 0.29) is 11.9 Å². The summed E-state index contributed by atoms with van der Waals surface area (Å²) in [5.74, 6) is 0.770. The van der Waals surface area contributed by atoms with Crippen molar-refractivity contribution in [2.75, 3.05) is 6.61 Å². The molecule has 1 aliphatic rings. The van der Waals surface area contributed by atoms with E-state index < -0.39 is 0 Å². The number of amides is 1. The molecule has 0 heterocycles. The third-order valence-electron chi connectivity index (χ3n) is 4.10. The standard InChI is InChI=1S/C19H21NO2/c1-2-22-16-12-10-15(11-13-16)19(21)20-18-9-5-7-14-6-3-4-8-17(14)18/h3-4,6,8,10-13,18H,2,5,7,9H2,1H3,(H,20,21)/t18-/m0/s1. The monoisotopic (exact) mass is 295 g/mol. The third-order valence-corrected chi connectivity index (χ3v) is 4.10. The van der Waals surface area contributed by atoms with E-state index in [9.17, 15) is 4.79 Å². The number of nitrogens with one attached hydrogen (secondary N) is 1. The second-order valence-electron chi connectivity index (χ2n) is 5.57. The summed E-state index contributed by atoms with van der Waals surface area (Å²) in [6.07, 6.45) is 3.22. The average molecular weight is 295 g/mol. The van der Waals surface area contributed by atoms with Gasteiger partial charge < -0.3 is 10.1 Å². The maximum Gasteiger partial charge on any atom is 0.251 e. The Hall–Kier alpha value is -2.29. The van der Waals surface area contributed by atoms with Gasteiger partial charge >= 0.3 is 0 Å². The van der Waals surface area contributed by atoms with Gasteiger partial charge in [-0.05, 0) is 61.6 Å². The summed E-state index contributed by atoms with van der Waals surface area (Å²) >= 11 is 0. The van der Waals surface area contributed by atoms with Gasteiger partial charge in [0, 0.05) is 5.56 Å². The number of aryl methyl sites for hydroxylation is 1. The summed E-state index contributed by atoms with van der Waals surface area (Å²) in [5, 5.41) is 3.16. The quantitative estimate of drug-likeness (QED) is 0.929. The van der Waals surface area contributed by atoms with E-state index >= 15 is 0 Å². The molecule has 0 saturated carbocycles. The molecule has 0 aromatic heterocycles. The number of hydrogen-bond donors (Lipinski definition) is 1. The topological polar surface area (TPSA) is 38.3 Å². The summed E-state index contributed by atoms with van der Waals surface area (Å²) in [7, 11) is 0. The number of rotatable bonds is 4. The van der Waals surface area contributed by atoms with Crippen LogP contribution in [0.15, 0.2) is 48.5 Å². The van der Waals surface area contributed by atoms with Crippen LogP contribution in [0.25, 0.3) is 0 Å². The molecule has 3 heteroatoms. The van der Waals surface area contributed by atoms with Crippen LogP contribution < -0.4 is 10.1 Å². The minimum Gasteiger partial charge on any atom is -0.494 e. The Labute approximate surface area is 131 Å². The highest BCUT2D eigenvalue weighted by molar-refractivity contribution is 5.94. The van der Waals surface area contributed by atoms with Crippen LogP contribution in [0.1, 0.15) is 47.3 Å². The Morgan fingerprint density at radius 1 is 1.18 bits per heavy atom. The highest BCUT2D eigenvalue weighted by Gasteiger charge is 2.21. The van der Waals surface area contributed by atoms with E-state index in [2.05, 4.69) is 23.5 Å². The van der Waals surface area contributed by atoms with E-state index in [1.807, 2.05) is 37.3 Å². The molecule has 2 aromatic rings. The molecule has 22 heavy (non-hydrogen) atoms. The van der Waals surface area contributed by atoms with Crippen molar-refractivity contribution < 1.29 is 9.53 Å². The molecular weight excluding hydrogens is 274 g/mol. The summed E-state index contributed by atoms with van der Waals surface area (Å²) in [5.41, 5.74) is 3.28. The van der Waals surface area contributed by atoms with E-state index in [1.165, 1.54) is 11.1 Å². The Morgan fingerprint density at radius 3 is 2.73 bits per heavy atom. The molecule has 2 aromatic carbocycles. The lowest BCUT2D eigenvalue weighted by molar-refractivity contribution is 0.0932. The Kier molecular flexibility index (Phi) is 4.42. The van der Waals surface area contributed by atoms with Gasteiger partial charge in [0.05, 0.1) is 12.6 Å². The highest BCUT2D eigenvalue weighted by atomic mass is 16.5. The molecule has 0 fully saturated rings. The fraction of sp³-hybridized carbons (Fsp3) is 0.316. The largest absolute Gasteiger partial charge is 0.494 e. The molecule has 1 aliphatic carbocycles. The maximum atomic E-state index is 12.4. The molecule has 0 saturated heterocycles. The van der Waals surface area contributed by atoms with Crippen molar-refractivity contribution >= 4 is 5.91 Å². The van der Waals surface area contributed by atoms with Gasteiger partial charge in [-0.25, -0.2) is 0 Å². The number of carbonyl (C=O) groups is 1. The highest BCUT2D eigenvalue weighted by Crippen LogP contribution is 2.29. The van der Waals surface area contributed by atoms with Crippen molar-refractivity contribution in [2.45, 2.75) is 32.2 Å². The van der Waals surface area contributed by atoms with Crippen LogP contribution in [0.2, 0.25) is 0 Å². The van der Waals surface area contributed by atoms with E-state index in [4.69, 9.17) is 4.74 Å². The van der Waals surface area contributed by atoms with Gasteiger partial charge in [0.25, 0.3) is 5.91 Å². The predicted octanol–water partition coefficient (Wildman–Crippen LogP) is 3.89. The van der Waals surface area contributed by atoms with Gasteiger partial charge in [0.2, 0.25) is 0 Å². The number of hydrogen-bond acceptors (Lipinski definition) is 2.